The number of pyridine rings is 1. The summed E-state index contributed by atoms with van der Waals surface area (Å²) in [6.07, 6.45) is -2.56. The van der Waals surface area contributed by atoms with E-state index >= 15 is 8.78 Å². The van der Waals surface area contributed by atoms with Gasteiger partial charge in [0.1, 0.15) is 41.4 Å². The minimum absolute atomic E-state index is 0.0262. The van der Waals surface area contributed by atoms with Gasteiger partial charge in [0.25, 0.3) is 12.3 Å². The third-order valence-corrected chi connectivity index (χ3v) is 11.9. The molecule has 58 heavy (non-hydrogen) atoms. The van der Waals surface area contributed by atoms with Crippen LogP contribution in [0, 0.1) is 29.4 Å². The maximum Gasteiger partial charge on any atom is 0.293 e. The van der Waals surface area contributed by atoms with Crippen LogP contribution in [0.2, 0.25) is 5.02 Å². The summed E-state index contributed by atoms with van der Waals surface area (Å²) in [5.74, 6) is 1.21. The van der Waals surface area contributed by atoms with Gasteiger partial charge in [-0.15, -0.1) is 0 Å². The molecule has 1 saturated carbocycles. The van der Waals surface area contributed by atoms with Crippen molar-refractivity contribution in [1.82, 2.24) is 29.9 Å². The van der Waals surface area contributed by atoms with Gasteiger partial charge in [0.2, 0.25) is 0 Å². The number of Topliss-reactive ketones (excluding diaryl/α,β-unsaturated/α-hetero) is 1. The van der Waals surface area contributed by atoms with Crippen LogP contribution in [0.15, 0.2) is 42.5 Å². The van der Waals surface area contributed by atoms with E-state index in [9.17, 15) is 26.6 Å². The molecule has 0 bridgehead atoms. The largest absolute Gasteiger partial charge is 0.363 e. The van der Waals surface area contributed by atoms with Crippen molar-refractivity contribution in [3.63, 3.8) is 0 Å². The summed E-state index contributed by atoms with van der Waals surface area (Å²) in [7, 11) is -0.876. The summed E-state index contributed by atoms with van der Waals surface area (Å²) in [5, 5.41) is 12.5. The van der Waals surface area contributed by atoms with Gasteiger partial charge in [0.05, 0.1) is 34.3 Å². The fourth-order valence-electron chi connectivity index (χ4n) is 8.32. The molecule has 304 valence electrons. The smallest absolute Gasteiger partial charge is 0.293 e. The summed E-state index contributed by atoms with van der Waals surface area (Å²) >= 11 is 6.74. The van der Waals surface area contributed by atoms with Crippen molar-refractivity contribution in [1.29, 1.82) is 0 Å². The highest BCUT2D eigenvalue weighted by Crippen LogP contribution is 2.68. The average Bonchev–Trinajstić information content (AvgIpc) is 3.69. The fourth-order valence-corrected chi connectivity index (χ4v) is 9.37. The molecule has 0 spiro atoms. The lowest BCUT2D eigenvalue weighted by molar-refractivity contribution is -0.120. The third kappa shape index (κ3) is 7.77. The summed E-state index contributed by atoms with van der Waals surface area (Å²) in [6, 6.07) is 9.72. The number of morpholine rings is 1. The van der Waals surface area contributed by atoms with Gasteiger partial charge in [-0.1, -0.05) is 23.6 Å². The number of benzene rings is 2. The Kier molecular flexibility index (Phi) is 10.5. The lowest BCUT2D eigenvalue weighted by Crippen LogP contribution is -2.37. The van der Waals surface area contributed by atoms with E-state index in [4.69, 9.17) is 21.3 Å². The van der Waals surface area contributed by atoms with Crippen LogP contribution in [-0.4, -0.2) is 72.5 Å². The molecule has 2 aliphatic carbocycles. The molecule has 3 aliphatic rings. The number of carbonyl (C=O) groups is 1. The van der Waals surface area contributed by atoms with Gasteiger partial charge < -0.3 is 10.1 Å². The number of aromatic nitrogens is 5. The van der Waals surface area contributed by atoms with E-state index < -0.39 is 87.5 Å². The van der Waals surface area contributed by atoms with Gasteiger partial charge in [0, 0.05) is 72.8 Å². The number of nitrogens with zero attached hydrogens (tertiary/aromatic N) is 5. The van der Waals surface area contributed by atoms with Crippen LogP contribution in [0.3, 0.4) is 0 Å². The van der Waals surface area contributed by atoms with E-state index in [1.807, 2.05) is 0 Å². The summed E-state index contributed by atoms with van der Waals surface area (Å²) in [4.78, 5) is 19.1. The molecular weight excluding hydrogens is 806 g/mol. The van der Waals surface area contributed by atoms with Gasteiger partial charge in [-0.3, -0.25) is 18.4 Å². The van der Waals surface area contributed by atoms with Gasteiger partial charge in [0.15, 0.2) is 5.78 Å². The zero-order valence-corrected chi connectivity index (χ0v) is 32.9. The number of ketones is 1. The van der Waals surface area contributed by atoms with Gasteiger partial charge in [-0.25, -0.2) is 22.5 Å². The van der Waals surface area contributed by atoms with E-state index in [0.29, 0.717) is 63.2 Å². The molecule has 0 radical (unpaired) electrons. The number of hydrogen-bond donors (Lipinski definition) is 1. The third-order valence-electron chi connectivity index (χ3n) is 10.7. The Labute approximate surface area is 335 Å². The van der Waals surface area contributed by atoms with Crippen LogP contribution in [0.4, 0.5) is 26.3 Å². The molecule has 0 amide bonds. The van der Waals surface area contributed by atoms with Crippen LogP contribution < -0.4 is 5.32 Å². The Hall–Kier alpha value is -4.69. The van der Waals surface area contributed by atoms with Crippen LogP contribution in [0.1, 0.15) is 70.7 Å². The molecule has 5 atom stereocenters. The first-order valence-electron chi connectivity index (χ1n) is 18.5. The highest BCUT2D eigenvalue weighted by atomic mass is 35.5. The zero-order chi connectivity index (χ0) is 41.3. The average molecular weight is 843 g/mol. The zero-order valence-electron chi connectivity index (χ0n) is 31.3. The maximum absolute atomic E-state index is 15.5. The van der Waals surface area contributed by atoms with Crippen molar-refractivity contribution in [3.05, 3.63) is 98.7 Å². The number of alkyl halides is 4. The highest BCUT2D eigenvalue weighted by molar-refractivity contribution is 7.98. The number of aryl methyl sites for hydroxylation is 1. The Morgan fingerprint density at radius 3 is 2.55 bits per heavy atom. The summed E-state index contributed by atoms with van der Waals surface area (Å²) < 4.78 is 109. The normalized spacial score (nSPS) is 21.0. The predicted octanol–water partition coefficient (Wildman–Crippen LogP) is 7.08. The van der Waals surface area contributed by atoms with Crippen LogP contribution >= 0.6 is 11.6 Å². The van der Waals surface area contributed by atoms with E-state index in [1.165, 1.54) is 6.26 Å². The second-order valence-electron chi connectivity index (χ2n) is 15.3. The Morgan fingerprint density at radius 1 is 1.12 bits per heavy atom. The molecule has 8 rings (SSSR count). The number of hydrogen-bond acceptors (Lipinski definition) is 7. The Bertz CT molecular complexity index is 2630. The van der Waals surface area contributed by atoms with Crippen molar-refractivity contribution >= 4 is 43.7 Å². The minimum atomic E-state index is -3.45. The van der Waals surface area contributed by atoms with Crippen molar-refractivity contribution in [3.8, 4) is 23.0 Å². The molecule has 1 N–H and O–H groups in total. The van der Waals surface area contributed by atoms with Crippen LogP contribution in [0.25, 0.3) is 22.0 Å². The van der Waals surface area contributed by atoms with Crippen molar-refractivity contribution in [2.24, 2.45) is 13.0 Å². The van der Waals surface area contributed by atoms with Crippen molar-refractivity contribution < 1.29 is 40.1 Å². The quantitative estimate of drug-likeness (QED) is 0.0862. The second kappa shape index (κ2) is 15.2. The number of fused-ring (bicyclic) bond motifs is 4. The first kappa shape index (κ1) is 40.1. The maximum atomic E-state index is 15.5. The molecule has 5 aromatic rings. The van der Waals surface area contributed by atoms with Crippen molar-refractivity contribution in [2.45, 2.75) is 61.8 Å². The highest BCUT2D eigenvalue weighted by Gasteiger charge is 2.67. The first-order chi connectivity index (χ1) is 27.5. The molecule has 2 fully saturated rings. The molecule has 9 nitrogen and oxygen atoms in total. The lowest BCUT2D eigenvalue weighted by atomic mass is 9.86. The molecule has 2 unspecified atom stereocenters. The summed E-state index contributed by atoms with van der Waals surface area (Å²) in [6.45, 7) is 0.854. The summed E-state index contributed by atoms with van der Waals surface area (Å²) in [5.41, 5.74) is 1.06. The van der Waals surface area contributed by atoms with E-state index in [2.05, 4.69) is 33.2 Å². The molecule has 17 heteroatoms. The first-order valence-corrected chi connectivity index (χ1v) is 21.2. The monoisotopic (exact) mass is 842 g/mol. The number of rotatable bonds is 11. The van der Waals surface area contributed by atoms with Gasteiger partial charge in [-0.2, -0.15) is 19.0 Å². The van der Waals surface area contributed by atoms with Crippen LogP contribution in [-0.2, 0) is 50.7 Å². The fraction of sp³-hybridized carbons (Fsp3) is 0.390. The standard InChI is InChI=1S/C41H37ClF6N6O3S/c1-53-38-29(8-9-32(42)35(38)33(51-53)20-58(2,3)56)28-7-5-25(4-6-27-18-49-10-11-57-27)50-36(28)22(12-21-13-23(43)16-24(44)14-21)15-26(55)19-54-39-34(37(52-54)40(45)46)30-17-31(30)41(39,47)48/h5,7-9,13-14,16,22,27,30-31,40,49H,2,10-12,15,17-20H2,1,3H3/t22-,27?,30+,31-,58?/m1/s1. The number of halogens is 7. The molecular formula is C41H37ClF6N6O3S. The predicted molar refractivity (Wildman–Crippen MR) is 208 cm³/mol. The molecule has 4 heterocycles. The van der Waals surface area contributed by atoms with Crippen LogP contribution in [0.5, 0.6) is 0 Å². The minimum Gasteiger partial charge on any atom is -0.363 e. The van der Waals surface area contributed by atoms with Gasteiger partial charge in [-0.05, 0) is 76.0 Å². The molecule has 1 aliphatic heterocycles. The van der Waals surface area contributed by atoms with E-state index in [0.717, 1.165) is 12.1 Å². The van der Waals surface area contributed by atoms with Crippen molar-refractivity contribution in [2.75, 3.05) is 26.0 Å². The molecule has 1 saturated heterocycles. The SMILES string of the molecule is C=S(C)(=O)Cc1nn(C)c2c(-c3ccc(C#CC4CNCCO4)nc3[C@@H](CC(=O)Cn3nc(C(F)F)c4c3C(F)(F)[C@@H]3C[C@H]43)Cc3cc(F)cc(F)c3)ccc(Cl)c12. The number of carbonyl (C=O) groups excluding carboxylic acids is 1. The van der Waals surface area contributed by atoms with E-state index in [1.54, 1.807) is 36.0 Å². The van der Waals surface area contributed by atoms with Gasteiger partial charge >= 0.3 is 0 Å². The molecule has 3 aromatic heterocycles. The topological polar surface area (TPSA) is 104 Å². The van der Waals surface area contributed by atoms with E-state index in [-0.39, 0.29) is 41.1 Å². The Morgan fingerprint density at radius 2 is 1.86 bits per heavy atom. The lowest BCUT2D eigenvalue weighted by Gasteiger charge is -2.22. The molecule has 2 aromatic carbocycles. The Balaban J connectivity index is 1.26. The second-order valence-corrected chi connectivity index (χ2v) is 18.3. The number of nitrogens with one attached hydrogen (secondary N) is 1. The number of ether oxygens (including phenoxy) is 1.